The van der Waals surface area contributed by atoms with Crippen molar-refractivity contribution in [2.24, 2.45) is 5.92 Å². The lowest BCUT2D eigenvalue weighted by Crippen LogP contribution is -2.31. The highest BCUT2D eigenvalue weighted by molar-refractivity contribution is 7.89. The number of rotatable bonds is 7. The number of nitrogens with one attached hydrogen (secondary N) is 1. The maximum Gasteiger partial charge on any atom is 0.240 e. The van der Waals surface area contributed by atoms with Gasteiger partial charge in [0.05, 0.1) is 4.90 Å². The first kappa shape index (κ1) is 16.4. The second-order valence-corrected chi connectivity index (χ2v) is 7.28. The van der Waals surface area contributed by atoms with Crippen LogP contribution in [0.15, 0.2) is 29.2 Å². The standard InChI is InChI=1S/C15H24N2O3S/c1-2-17-9-7-14(12-17)11-16-21(19,20)15-5-3-13(4-6-15)8-10-18/h3-6,14,16,18H,2,7-12H2,1H3. The highest BCUT2D eigenvalue weighted by Crippen LogP contribution is 2.16. The second-order valence-electron chi connectivity index (χ2n) is 5.52. The molecule has 0 aliphatic carbocycles. The summed E-state index contributed by atoms with van der Waals surface area (Å²) in [6.07, 6.45) is 1.59. The Kier molecular flexibility index (Phi) is 5.75. The molecule has 0 bridgehead atoms. The van der Waals surface area contributed by atoms with E-state index in [2.05, 4.69) is 16.5 Å². The first-order chi connectivity index (χ1) is 10.0. The fraction of sp³-hybridized carbons (Fsp3) is 0.600. The summed E-state index contributed by atoms with van der Waals surface area (Å²) >= 11 is 0. The fourth-order valence-electron chi connectivity index (χ4n) is 2.64. The van der Waals surface area contributed by atoms with Gasteiger partial charge in [-0.05, 0) is 49.5 Å². The minimum Gasteiger partial charge on any atom is -0.396 e. The van der Waals surface area contributed by atoms with Crippen LogP contribution in [-0.2, 0) is 16.4 Å². The first-order valence-electron chi connectivity index (χ1n) is 7.47. The lowest BCUT2D eigenvalue weighted by atomic mass is 10.1. The van der Waals surface area contributed by atoms with Gasteiger partial charge in [-0.15, -0.1) is 0 Å². The molecule has 2 rings (SSSR count). The summed E-state index contributed by atoms with van der Waals surface area (Å²) in [5, 5.41) is 8.86. The number of aliphatic hydroxyl groups excluding tert-OH is 1. The molecule has 1 saturated heterocycles. The van der Waals surface area contributed by atoms with E-state index in [9.17, 15) is 8.42 Å². The molecule has 1 aromatic rings. The third-order valence-corrected chi connectivity index (χ3v) is 5.45. The summed E-state index contributed by atoms with van der Waals surface area (Å²) < 4.78 is 27.2. The molecule has 1 atom stereocenters. The Labute approximate surface area is 127 Å². The summed E-state index contributed by atoms with van der Waals surface area (Å²) in [6.45, 7) is 5.74. The van der Waals surface area contributed by atoms with Crippen molar-refractivity contribution in [1.29, 1.82) is 0 Å². The van der Waals surface area contributed by atoms with E-state index >= 15 is 0 Å². The average molecular weight is 312 g/mol. The van der Waals surface area contributed by atoms with Gasteiger partial charge in [0.25, 0.3) is 0 Å². The topological polar surface area (TPSA) is 69.6 Å². The highest BCUT2D eigenvalue weighted by Gasteiger charge is 2.23. The zero-order valence-corrected chi connectivity index (χ0v) is 13.3. The number of benzene rings is 1. The zero-order chi connectivity index (χ0) is 15.3. The molecule has 0 radical (unpaired) electrons. The van der Waals surface area contributed by atoms with E-state index in [4.69, 9.17) is 5.11 Å². The minimum absolute atomic E-state index is 0.0694. The van der Waals surface area contributed by atoms with Gasteiger partial charge >= 0.3 is 0 Å². The van der Waals surface area contributed by atoms with Crippen LogP contribution in [0.25, 0.3) is 0 Å². The Hall–Kier alpha value is -0.950. The minimum atomic E-state index is -3.43. The molecule has 0 amide bonds. The molecule has 1 aliphatic heterocycles. The molecular formula is C15H24N2O3S. The van der Waals surface area contributed by atoms with Gasteiger partial charge in [-0.25, -0.2) is 13.1 Å². The maximum atomic E-state index is 12.2. The molecular weight excluding hydrogens is 288 g/mol. The first-order valence-corrected chi connectivity index (χ1v) is 8.95. The van der Waals surface area contributed by atoms with E-state index in [-0.39, 0.29) is 11.5 Å². The fourth-order valence-corrected chi connectivity index (χ4v) is 3.76. The van der Waals surface area contributed by atoms with Gasteiger partial charge < -0.3 is 10.0 Å². The Bertz CT molecular complexity index is 543. The van der Waals surface area contributed by atoms with Gasteiger partial charge in [-0.1, -0.05) is 19.1 Å². The number of hydrogen-bond donors (Lipinski definition) is 2. The molecule has 0 saturated carbocycles. The molecule has 0 aromatic heterocycles. The van der Waals surface area contributed by atoms with Crippen LogP contribution in [-0.4, -0.2) is 51.2 Å². The molecule has 1 aliphatic rings. The van der Waals surface area contributed by atoms with Crippen LogP contribution in [0.4, 0.5) is 0 Å². The lowest BCUT2D eigenvalue weighted by Gasteiger charge is -2.14. The molecule has 1 aromatic carbocycles. The monoisotopic (exact) mass is 312 g/mol. The van der Waals surface area contributed by atoms with Crippen molar-refractivity contribution in [1.82, 2.24) is 9.62 Å². The van der Waals surface area contributed by atoms with Crippen molar-refractivity contribution in [3.8, 4) is 0 Å². The van der Waals surface area contributed by atoms with E-state index in [1.54, 1.807) is 24.3 Å². The van der Waals surface area contributed by atoms with Gasteiger partial charge in [0.15, 0.2) is 0 Å². The summed E-state index contributed by atoms with van der Waals surface area (Å²) in [7, 11) is -3.43. The Morgan fingerprint density at radius 2 is 2.05 bits per heavy atom. The van der Waals surface area contributed by atoms with Crippen LogP contribution in [0.1, 0.15) is 18.9 Å². The van der Waals surface area contributed by atoms with Crippen molar-refractivity contribution >= 4 is 10.0 Å². The predicted molar refractivity (Wildman–Crippen MR) is 82.6 cm³/mol. The second kappa shape index (κ2) is 7.35. The van der Waals surface area contributed by atoms with E-state index in [1.165, 1.54) is 0 Å². The third kappa shape index (κ3) is 4.51. The quantitative estimate of drug-likeness (QED) is 0.783. The van der Waals surface area contributed by atoms with Gasteiger partial charge in [0, 0.05) is 19.7 Å². The average Bonchev–Trinajstić information content (AvgIpc) is 2.94. The normalized spacial score (nSPS) is 20.0. The van der Waals surface area contributed by atoms with Crippen LogP contribution in [0.2, 0.25) is 0 Å². The van der Waals surface area contributed by atoms with Crippen molar-refractivity contribution in [3.05, 3.63) is 29.8 Å². The SMILES string of the molecule is CCN1CCC(CNS(=O)(=O)c2ccc(CCO)cc2)C1. The largest absolute Gasteiger partial charge is 0.396 e. The smallest absolute Gasteiger partial charge is 0.240 e. The number of sulfonamides is 1. The number of likely N-dealkylation sites (tertiary alicyclic amines) is 1. The van der Waals surface area contributed by atoms with Gasteiger partial charge in [-0.3, -0.25) is 0 Å². The summed E-state index contributed by atoms with van der Waals surface area (Å²) in [6, 6.07) is 6.69. The summed E-state index contributed by atoms with van der Waals surface area (Å²) in [4.78, 5) is 2.62. The number of aliphatic hydroxyl groups is 1. The summed E-state index contributed by atoms with van der Waals surface area (Å²) in [5.74, 6) is 0.397. The van der Waals surface area contributed by atoms with Gasteiger partial charge in [-0.2, -0.15) is 0 Å². The molecule has 118 valence electrons. The van der Waals surface area contributed by atoms with Crippen LogP contribution in [0, 0.1) is 5.92 Å². The van der Waals surface area contributed by atoms with E-state index < -0.39 is 10.0 Å². The summed E-state index contributed by atoms with van der Waals surface area (Å²) in [5.41, 5.74) is 0.936. The van der Waals surface area contributed by atoms with Crippen molar-refractivity contribution in [3.63, 3.8) is 0 Å². The van der Waals surface area contributed by atoms with Gasteiger partial charge in [0.1, 0.15) is 0 Å². The molecule has 1 fully saturated rings. The van der Waals surface area contributed by atoms with E-state index in [0.29, 0.717) is 18.9 Å². The Morgan fingerprint density at radius 3 is 2.62 bits per heavy atom. The van der Waals surface area contributed by atoms with Crippen LogP contribution in [0.5, 0.6) is 0 Å². The van der Waals surface area contributed by atoms with Crippen molar-refractivity contribution in [2.75, 3.05) is 32.8 Å². The van der Waals surface area contributed by atoms with Gasteiger partial charge in [0.2, 0.25) is 10.0 Å². The van der Waals surface area contributed by atoms with Crippen molar-refractivity contribution < 1.29 is 13.5 Å². The molecule has 5 nitrogen and oxygen atoms in total. The van der Waals surface area contributed by atoms with Crippen LogP contribution >= 0.6 is 0 Å². The van der Waals surface area contributed by atoms with Crippen LogP contribution in [0.3, 0.4) is 0 Å². The number of nitrogens with zero attached hydrogens (tertiary/aromatic N) is 1. The Balaban J connectivity index is 1.92. The third-order valence-electron chi connectivity index (χ3n) is 4.01. The highest BCUT2D eigenvalue weighted by atomic mass is 32.2. The maximum absolute atomic E-state index is 12.2. The number of hydrogen-bond acceptors (Lipinski definition) is 4. The molecule has 0 spiro atoms. The van der Waals surface area contributed by atoms with E-state index in [0.717, 1.165) is 31.6 Å². The molecule has 21 heavy (non-hydrogen) atoms. The molecule has 6 heteroatoms. The van der Waals surface area contributed by atoms with E-state index in [1.807, 2.05) is 0 Å². The lowest BCUT2D eigenvalue weighted by molar-refractivity contribution is 0.299. The molecule has 1 unspecified atom stereocenters. The zero-order valence-electron chi connectivity index (χ0n) is 12.5. The molecule has 2 N–H and O–H groups in total. The van der Waals surface area contributed by atoms with Crippen LogP contribution < -0.4 is 4.72 Å². The molecule has 1 heterocycles. The van der Waals surface area contributed by atoms with Crippen molar-refractivity contribution in [2.45, 2.75) is 24.7 Å². The predicted octanol–water partition coefficient (Wildman–Crippen LogP) is 0.841. The Morgan fingerprint density at radius 1 is 1.33 bits per heavy atom.